The fourth-order valence-electron chi connectivity index (χ4n) is 3.23. The Labute approximate surface area is 158 Å². The number of carbonyl (C=O) groups is 1. The minimum absolute atomic E-state index is 0.116. The second-order valence-electron chi connectivity index (χ2n) is 6.70. The lowest BCUT2D eigenvalue weighted by atomic mass is 9.82. The zero-order valence-corrected chi connectivity index (χ0v) is 15.4. The van der Waals surface area contributed by atoms with Crippen LogP contribution in [-0.2, 0) is 0 Å². The molecule has 0 bridgehead atoms. The average Bonchev–Trinajstić information content (AvgIpc) is 2.61. The monoisotopic (exact) mass is 368 g/mol. The zero-order chi connectivity index (χ0) is 18.6. The highest BCUT2D eigenvalue weighted by Crippen LogP contribution is 2.28. The van der Waals surface area contributed by atoms with Crippen molar-refractivity contribution in [1.29, 1.82) is 0 Å². The number of benzene rings is 1. The molecule has 1 amide bonds. The van der Waals surface area contributed by atoms with E-state index in [0.717, 1.165) is 18.4 Å². The maximum absolute atomic E-state index is 12.5. The number of pyridine rings is 1. The van der Waals surface area contributed by atoms with Gasteiger partial charge in [-0.2, -0.15) is 0 Å². The molecule has 1 fully saturated rings. The summed E-state index contributed by atoms with van der Waals surface area (Å²) in [5.41, 5.74) is 0.911. The van der Waals surface area contributed by atoms with E-state index in [1.165, 1.54) is 0 Å². The average molecular weight is 369 g/mol. The summed E-state index contributed by atoms with van der Waals surface area (Å²) in [5, 5.41) is 14.5. The molecule has 134 valence electrons. The first-order chi connectivity index (χ1) is 12.5. The number of amides is 1. The van der Waals surface area contributed by atoms with Crippen LogP contribution in [0.2, 0.25) is 5.02 Å². The van der Waals surface area contributed by atoms with E-state index < -0.39 is 5.60 Å². The molecule has 1 unspecified atom stereocenters. The highest BCUT2D eigenvalue weighted by molar-refractivity contribution is 6.30. The van der Waals surface area contributed by atoms with E-state index in [0.29, 0.717) is 29.1 Å². The van der Waals surface area contributed by atoms with Crippen LogP contribution < -0.4 is 5.32 Å². The van der Waals surface area contributed by atoms with Crippen molar-refractivity contribution in [3.63, 3.8) is 0 Å². The number of rotatable bonds is 2. The van der Waals surface area contributed by atoms with Gasteiger partial charge in [0.2, 0.25) is 0 Å². The van der Waals surface area contributed by atoms with E-state index in [1.807, 2.05) is 19.1 Å². The summed E-state index contributed by atoms with van der Waals surface area (Å²) >= 11 is 5.97. The van der Waals surface area contributed by atoms with Crippen LogP contribution in [0.5, 0.6) is 0 Å². The second kappa shape index (κ2) is 7.90. The maximum Gasteiger partial charge on any atom is 0.253 e. The van der Waals surface area contributed by atoms with Crippen molar-refractivity contribution in [2.24, 2.45) is 0 Å². The standard InChI is InChI=1S/C21H21ClN2O2/c1-15-19(8-4-12-23-15)20(25)24-18-7-3-10-21(26,14-18)11-9-16-5-2-6-17(22)13-16/h2,4-6,8,12-13,18,26H,3,7,10,14H2,1H3,(H,24,25)/t18-,21?/m0/s1. The van der Waals surface area contributed by atoms with Crippen molar-refractivity contribution >= 4 is 17.5 Å². The van der Waals surface area contributed by atoms with Gasteiger partial charge < -0.3 is 10.4 Å². The van der Waals surface area contributed by atoms with Gasteiger partial charge in [0, 0.05) is 34.9 Å². The van der Waals surface area contributed by atoms with E-state index in [4.69, 9.17) is 11.6 Å². The molecule has 2 atom stereocenters. The molecule has 0 aliphatic heterocycles. The SMILES string of the molecule is Cc1ncccc1C(=O)N[C@H]1CCCC(O)(C#Cc2cccc(Cl)c2)C1. The first-order valence-corrected chi connectivity index (χ1v) is 9.07. The van der Waals surface area contributed by atoms with Crippen molar-refractivity contribution in [3.05, 3.63) is 64.4 Å². The molecule has 1 aliphatic rings. The van der Waals surface area contributed by atoms with E-state index in [1.54, 1.807) is 30.5 Å². The van der Waals surface area contributed by atoms with E-state index in [-0.39, 0.29) is 11.9 Å². The Morgan fingerprint density at radius 2 is 2.23 bits per heavy atom. The van der Waals surface area contributed by atoms with Crippen molar-refractivity contribution in [2.45, 2.75) is 44.2 Å². The molecule has 1 aliphatic carbocycles. The Balaban J connectivity index is 1.69. The van der Waals surface area contributed by atoms with Gasteiger partial charge in [-0.1, -0.05) is 29.5 Å². The van der Waals surface area contributed by atoms with Crippen LogP contribution in [0.25, 0.3) is 0 Å². The van der Waals surface area contributed by atoms with Gasteiger partial charge in [-0.15, -0.1) is 0 Å². The summed E-state index contributed by atoms with van der Waals surface area (Å²) in [6.07, 6.45) is 4.30. The van der Waals surface area contributed by atoms with Crippen molar-refractivity contribution in [1.82, 2.24) is 10.3 Å². The number of aromatic nitrogens is 1. The Bertz CT molecular complexity index is 872. The smallest absolute Gasteiger partial charge is 0.253 e. The number of hydrogen-bond donors (Lipinski definition) is 2. The Kier molecular flexibility index (Phi) is 5.61. The highest BCUT2D eigenvalue weighted by atomic mass is 35.5. The summed E-state index contributed by atoms with van der Waals surface area (Å²) in [7, 11) is 0. The second-order valence-corrected chi connectivity index (χ2v) is 7.13. The number of aliphatic hydroxyl groups is 1. The minimum Gasteiger partial charge on any atom is -0.378 e. The maximum atomic E-state index is 12.5. The number of carbonyl (C=O) groups excluding carboxylic acids is 1. The zero-order valence-electron chi connectivity index (χ0n) is 14.6. The molecule has 2 aromatic rings. The van der Waals surface area contributed by atoms with Gasteiger partial charge in [0.25, 0.3) is 5.91 Å². The number of halogens is 1. The molecule has 0 spiro atoms. The molecule has 1 saturated carbocycles. The molecular formula is C21H21ClN2O2. The predicted octanol–water partition coefficient (Wildman–Crippen LogP) is 3.50. The van der Waals surface area contributed by atoms with Gasteiger partial charge in [0.05, 0.1) is 5.56 Å². The van der Waals surface area contributed by atoms with Crippen LogP contribution in [-0.4, -0.2) is 27.6 Å². The summed E-state index contributed by atoms with van der Waals surface area (Å²) in [6.45, 7) is 1.81. The molecule has 1 aromatic carbocycles. The van der Waals surface area contributed by atoms with Crippen molar-refractivity contribution in [3.8, 4) is 11.8 Å². The van der Waals surface area contributed by atoms with Gasteiger partial charge in [-0.05, 0) is 56.5 Å². The van der Waals surface area contributed by atoms with Crippen LogP contribution in [0.3, 0.4) is 0 Å². The van der Waals surface area contributed by atoms with Gasteiger partial charge in [0.15, 0.2) is 0 Å². The van der Waals surface area contributed by atoms with E-state index in [9.17, 15) is 9.90 Å². The van der Waals surface area contributed by atoms with Gasteiger partial charge in [0.1, 0.15) is 5.60 Å². The lowest BCUT2D eigenvalue weighted by Crippen LogP contribution is -2.45. The lowest BCUT2D eigenvalue weighted by Gasteiger charge is -2.33. The van der Waals surface area contributed by atoms with Crippen LogP contribution in [0, 0.1) is 18.8 Å². The third-order valence-corrected chi connectivity index (χ3v) is 4.81. The number of hydrogen-bond acceptors (Lipinski definition) is 3. The van der Waals surface area contributed by atoms with Crippen LogP contribution in [0.15, 0.2) is 42.6 Å². The molecule has 1 aromatic heterocycles. The largest absolute Gasteiger partial charge is 0.378 e. The third-order valence-electron chi connectivity index (χ3n) is 4.58. The first kappa shape index (κ1) is 18.4. The van der Waals surface area contributed by atoms with Crippen molar-refractivity contribution < 1.29 is 9.90 Å². The van der Waals surface area contributed by atoms with Crippen molar-refractivity contribution in [2.75, 3.05) is 0 Å². The van der Waals surface area contributed by atoms with Gasteiger partial charge >= 0.3 is 0 Å². The molecule has 26 heavy (non-hydrogen) atoms. The quantitative estimate of drug-likeness (QED) is 0.797. The number of nitrogens with one attached hydrogen (secondary N) is 1. The van der Waals surface area contributed by atoms with E-state index >= 15 is 0 Å². The first-order valence-electron chi connectivity index (χ1n) is 8.69. The van der Waals surface area contributed by atoms with E-state index in [2.05, 4.69) is 22.1 Å². The molecule has 1 heterocycles. The predicted molar refractivity (Wildman–Crippen MR) is 102 cm³/mol. The Morgan fingerprint density at radius 3 is 3.00 bits per heavy atom. The normalized spacial score (nSPS) is 22.2. The summed E-state index contributed by atoms with van der Waals surface area (Å²) < 4.78 is 0. The minimum atomic E-state index is -1.11. The molecule has 2 N–H and O–H groups in total. The summed E-state index contributed by atoms with van der Waals surface area (Å²) in [4.78, 5) is 16.6. The number of nitrogens with zero attached hydrogens (tertiary/aromatic N) is 1. The molecule has 0 saturated heterocycles. The van der Waals surface area contributed by atoms with Gasteiger partial charge in [-0.25, -0.2) is 0 Å². The van der Waals surface area contributed by atoms with Crippen LogP contribution in [0.4, 0.5) is 0 Å². The molecule has 4 nitrogen and oxygen atoms in total. The topological polar surface area (TPSA) is 62.2 Å². The molecular weight excluding hydrogens is 348 g/mol. The molecule has 0 radical (unpaired) electrons. The Hall–Kier alpha value is -2.35. The highest BCUT2D eigenvalue weighted by Gasteiger charge is 2.33. The van der Waals surface area contributed by atoms with Gasteiger partial charge in [-0.3, -0.25) is 9.78 Å². The van der Waals surface area contributed by atoms with Crippen LogP contribution in [0.1, 0.15) is 47.3 Å². The fraction of sp³-hybridized carbons (Fsp3) is 0.333. The fourth-order valence-corrected chi connectivity index (χ4v) is 3.42. The number of aryl methyl sites for hydroxylation is 1. The summed E-state index contributed by atoms with van der Waals surface area (Å²) in [5.74, 6) is 5.82. The molecule has 5 heteroatoms. The Morgan fingerprint density at radius 1 is 1.38 bits per heavy atom. The lowest BCUT2D eigenvalue weighted by molar-refractivity contribution is 0.0452. The summed E-state index contributed by atoms with van der Waals surface area (Å²) in [6, 6.07) is 10.6. The third kappa shape index (κ3) is 4.63. The molecule has 3 rings (SSSR count). The van der Waals surface area contributed by atoms with Crippen LogP contribution >= 0.6 is 11.6 Å².